The van der Waals surface area contributed by atoms with E-state index in [1.807, 2.05) is 13.0 Å². The summed E-state index contributed by atoms with van der Waals surface area (Å²) in [7, 11) is 0. The summed E-state index contributed by atoms with van der Waals surface area (Å²) in [5.41, 5.74) is 0. The van der Waals surface area contributed by atoms with Crippen LogP contribution in [0.15, 0.2) is 12.2 Å². The first-order chi connectivity index (χ1) is 8.16. The number of carbonyl (C=O) groups excluding carboxylic acids is 1. The lowest BCUT2D eigenvalue weighted by molar-refractivity contribution is -0.137. The number of rotatable bonds is 10. The van der Waals surface area contributed by atoms with E-state index in [-0.39, 0.29) is 5.97 Å². The van der Waals surface area contributed by atoms with Crippen molar-refractivity contribution >= 4 is 5.97 Å². The third-order valence-corrected chi connectivity index (χ3v) is 2.69. The van der Waals surface area contributed by atoms with Crippen molar-refractivity contribution in [2.45, 2.75) is 65.7 Å². The molecule has 0 bridgehead atoms. The van der Waals surface area contributed by atoms with Gasteiger partial charge in [0.15, 0.2) is 0 Å². The molecule has 0 N–H and O–H groups in total. The van der Waals surface area contributed by atoms with Gasteiger partial charge in [0.05, 0.1) is 6.61 Å². The Balaban J connectivity index is 3.20. The van der Waals surface area contributed by atoms with E-state index in [2.05, 4.69) is 13.8 Å². The third kappa shape index (κ3) is 13.1. The molecule has 0 saturated carbocycles. The van der Waals surface area contributed by atoms with Crippen LogP contribution in [0.2, 0.25) is 0 Å². The summed E-state index contributed by atoms with van der Waals surface area (Å²) in [5, 5.41) is 0. The molecule has 0 aromatic heterocycles. The predicted molar refractivity (Wildman–Crippen MR) is 72.9 cm³/mol. The zero-order chi connectivity index (χ0) is 12.9. The molecule has 0 spiro atoms. The van der Waals surface area contributed by atoms with E-state index in [1.165, 1.54) is 38.5 Å². The van der Waals surface area contributed by atoms with Crippen molar-refractivity contribution in [2.24, 2.45) is 5.92 Å². The van der Waals surface area contributed by atoms with Crippen molar-refractivity contribution in [3.05, 3.63) is 12.2 Å². The van der Waals surface area contributed by atoms with E-state index in [9.17, 15) is 4.79 Å². The molecule has 0 radical (unpaired) electrons. The van der Waals surface area contributed by atoms with Crippen LogP contribution in [0.3, 0.4) is 0 Å². The van der Waals surface area contributed by atoms with Gasteiger partial charge >= 0.3 is 5.97 Å². The number of hydrogen-bond acceptors (Lipinski definition) is 2. The largest absolute Gasteiger partial charge is 0.463 e. The van der Waals surface area contributed by atoms with Crippen LogP contribution in [-0.2, 0) is 9.53 Å². The van der Waals surface area contributed by atoms with Crippen molar-refractivity contribution in [3.63, 3.8) is 0 Å². The van der Waals surface area contributed by atoms with Crippen molar-refractivity contribution < 1.29 is 9.53 Å². The highest BCUT2D eigenvalue weighted by molar-refractivity contribution is 5.81. The summed E-state index contributed by atoms with van der Waals surface area (Å²) < 4.78 is 4.80. The molecule has 0 aromatic carbocycles. The minimum atomic E-state index is -0.218. The van der Waals surface area contributed by atoms with Gasteiger partial charge in [0.1, 0.15) is 0 Å². The van der Waals surface area contributed by atoms with Gasteiger partial charge in [-0.05, 0) is 25.7 Å². The Labute approximate surface area is 106 Å². The molecule has 0 aliphatic carbocycles. The fourth-order valence-electron chi connectivity index (χ4n) is 1.72. The van der Waals surface area contributed by atoms with Crippen molar-refractivity contribution in [1.82, 2.24) is 0 Å². The second kappa shape index (κ2) is 11.7. The summed E-state index contributed by atoms with van der Waals surface area (Å²) in [5.74, 6) is 0.618. The number of ether oxygens (including phenoxy) is 1. The monoisotopic (exact) mass is 240 g/mol. The Bertz CT molecular complexity index is 207. The van der Waals surface area contributed by atoms with Gasteiger partial charge in [-0.25, -0.2) is 4.79 Å². The van der Waals surface area contributed by atoms with E-state index < -0.39 is 0 Å². The number of esters is 1. The Hall–Kier alpha value is -0.790. The molecule has 0 saturated heterocycles. The molecule has 0 aromatic rings. The summed E-state index contributed by atoms with van der Waals surface area (Å²) in [6, 6.07) is 0. The molecular weight excluding hydrogens is 212 g/mol. The molecular formula is C15H28O2. The Kier molecular flexibility index (Phi) is 11.1. The van der Waals surface area contributed by atoms with Gasteiger partial charge in [0, 0.05) is 6.08 Å². The molecule has 0 atom stereocenters. The number of unbranched alkanes of at least 4 members (excludes halogenated alkanes) is 5. The quantitative estimate of drug-likeness (QED) is 0.319. The smallest absolute Gasteiger partial charge is 0.330 e. The van der Waals surface area contributed by atoms with E-state index in [4.69, 9.17) is 4.74 Å². The highest BCUT2D eigenvalue weighted by Gasteiger charge is 1.95. The third-order valence-electron chi connectivity index (χ3n) is 2.69. The molecule has 0 heterocycles. The lowest BCUT2D eigenvalue weighted by atomic mass is 10.0. The first kappa shape index (κ1) is 16.2. The van der Waals surface area contributed by atoms with Crippen LogP contribution in [0.1, 0.15) is 65.7 Å². The maximum atomic E-state index is 11.0. The van der Waals surface area contributed by atoms with E-state index in [0.717, 1.165) is 12.3 Å². The Morgan fingerprint density at radius 2 is 1.76 bits per heavy atom. The van der Waals surface area contributed by atoms with Gasteiger partial charge in [0.2, 0.25) is 0 Å². The van der Waals surface area contributed by atoms with Crippen molar-refractivity contribution in [3.8, 4) is 0 Å². The van der Waals surface area contributed by atoms with Crippen LogP contribution in [0.25, 0.3) is 0 Å². The van der Waals surface area contributed by atoms with E-state index in [0.29, 0.717) is 6.61 Å². The van der Waals surface area contributed by atoms with Crippen LogP contribution < -0.4 is 0 Å². The Morgan fingerprint density at radius 3 is 2.41 bits per heavy atom. The molecule has 100 valence electrons. The maximum Gasteiger partial charge on any atom is 0.330 e. The fraction of sp³-hybridized carbons (Fsp3) is 0.800. The minimum Gasteiger partial charge on any atom is -0.463 e. The number of hydrogen-bond donors (Lipinski definition) is 0. The average Bonchev–Trinajstić information content (AvgIpc) is 2.27. The molecule has 17 heavy (non-hydrogen) atoms. The first-order valence-electron chi connectivity index (χ1n) is 7.00. The highest BCUT2D eigenvalue weighted by Crippen LogP contribution is 2.11. The first-order valence-corrected chi connectivity index (χ1v) is 7.00. The molecule has 0 aliphatic heterocycles. The van der Waals surface area contributed by atoms with Crippen molar-refractivity contribution in [1.29, 1.82) is 0 Å². The topological polar surface area (TPSA) is 26.3 Å². The summed E-state index contributed by atoms with van der Waals surface area (Å²) in [6.07, 6.45) is 12.3. The van der Waals surface area contributed by atoms with Crippen LogP contribution in [0.5, 0.6) is 0 Å². The van der Waals surface area contributed by atoms with Gasteiger partial charge in [0.25, 0.3) is 0 Å². The molecule has 0 aliphatic rings. The molecule has 0 unspecified atom stereocenters. The van der Waals surface area contributed by atoms with Gasteiger partial charge in [-0.3, -0.25) is 0 Å². The standard InChI is InChI=1S/C15H28O2/c1-4-17-15(16)13-11-9-7-5-6-8-10-12-14(2)3/h11,13-14H,4-10,12H2,1-3H3. The van der Waals surface area contributed by atoms with E-state index in [1.54, 1.807) is 6.08 Å². The summed E-state index contributed by atoms with van der Waals surface area (Å²) >= 11 is 0. The zero-order valence-corrected chi connectivity index (χ0v) is 11.7. The lowest BCUT2D eigenvalue weighted by Gasteiger charge is -2.03. The summed E-state index contributed by atoms with van der Waals surface area (Å²) in [6.45, 7) is 6.84. The van der Waals surface area contributed by atoms with Crippen LogP contribution in [0, 0.1) is 5.92 Å². The fourth-order valence-corrected chi connectivity index (χ4v) is 1.72. The molecule has 0 rings (SSSR count). The highest BCUT2D eigenvalue weighted by atomic mass is 16.5. The SMILES string of the molecule is CCOC(=O)C=CCCCCCCCC(C)C. The average molecular weight is 240 g/mol. The molecule has 2 nitrogen and oxygen atoms in total. The number of allylic oxidation sites excluding steroid dienone is 1. The zero-order valence-electron chi connectivity index (χ0n) is 11.7. The summed E-state index contributed by atoms with van der Waals surface area (Å²) in [4.78, 5) is 11.0. The lowest BCUT2D eigenvalue weighted by Crippen LogP contribution is -1.98. The van der Waals surface area contributed by atoms with E-state index >= 15 is 0 Å². The van der Waals surface area contributed by atoms with Gasteiger partial charge in [-0.2, -0.15) is 0 Å². The van der Waals surface area contributed by atoms with Crippen LogP contribution >= 0.6 is 0 Å². The molecule has 0 fully saturated rings. The normalized spacial score (nSPS) is 11.3. The van der Waals surface area contributed by atoms with Crippen molar-refractivity contribution in [2.75, 3.05) is 6.61 Å². The van der Waals surface area contributed by atoms with Gasteiger partial charge in [-0.1, -0.05) is 52.0 Å². The van der Waals surface area contributed by atoms with Crippen LogP contribution in [0.4, 0.5) is 0 Å². The predicted octanol–water partition coefficient (Wildman–Crippen LogP) is 4.49. The second-order valence-corrected chi connectivity index (χ2v) is 4.89. The second-order valence-electron chi connectivity index (χ2n) is 4.89. The molecule has 2 heteroatoms. The van der Waals surface area contributed by atoms with Crippen LogP contribution in [-0.4, -0.2) is 12.6 Å². The molecule has 0 amide bonds. The van der Waals surface area contributed by atoms with Gasteiger partial charge < -0.3 is 4.74 Å². The maximum absolute atomic E-state index is 11.0. The minimum absolute atomic E-state index is 0.218. The Morgan fingerprint density at radius 1 is 1.12 bits per heavy atom. The number of carbonyl (C=O) groups is 1. The van der Waals surface area contributed by atoms with Gasteiger partial charge in [-0.15, -0.1) is 0 Å².